The molecule has 9 heteroatoms. The van der Waals surface area contributed by atoms with Crippen LogP contribution in [-0.2, 0) is 9.59 Å². The lowest BCUT2D eigenvalue weighted by Gasteiger charge is -2.13. The Balaban J connectivity index is 1.47. The molecule has 0 aromatic heterocycles. The number of imide groups is 1. The molecule has 3 rings (SSSR count). The lowest BCUT2D eigenvalue weighted by molar-refractivity contribution is -0.124. The van der Waals surface area contributed by atoms with Crippen LogP contribution in [0.3, 0.4) is 0 Å². The second kappa shape index (κ2) is 10.0. The molecule has 1 aliphatic rings. The van der Waals surface area contributed by atoms with E-state index in [1.807, 2.05) is 13.0 Å². The molecular weight excluding hydrogens is 421 g/mol. The van der Waals surface area contributed by atoms with Gasteiger partial charge in [0, 0.05) is 24.2 Å². The average Bonchev–Trinajstić information content (AvgIpc) is 3.01. The van der Waals surface area contributed by atoms with E-state index < -0.39 is 22.9 Å². The molecule has 31 heavy (non-hydrogen) atoms. The van der Waals surface area contributed by atoms with E-state index in [2.05, 4.69) is 10.6 Å². The van der Waals surface area contributed by atoms with Crippen molar-refractivity contribution in [3.8, 4) is 0 Å². The molecule has 0 saturated carbocycles. The Morgan fingerprint density at radius 1 is 1.10 bits per heavy atom. The largest absolute Gasteiger partial charge is 0.353 e. The van der Waals surface area contributed by atoms with Gasteiger partial charge in [-0.25, -0.2) is 4.39 Å². The molecule has 1 fully saturated rings. The molecule has 4 amide bonds. The van der Waals surface area contributed by atoms with Crippen LogP contribution in [0.2, 0.25) is 0 Å². The smallest absolute Gasteiger partial charge is 0.293 e. The van der Waals surface area contributed by atoms with Crippen LogP contribution in [0, 0.1) is 12.7 Å². The number of carbonyl (C=O) groups excluding carboxylic acids is 4. The van der Waals surface area contributed by atoms with Crippen LogP contribution in [0.4, 0.5) is 9.18 Å². The number of rotatable bonds is 7. The topological polar surface area (TPSA) is 95.6 Å². The number of thioether (sulfide) groups is 1. The molecule has 0 atom stereocenters. The fourth-order valence-electron chi connectivity index (χ4n) is 2.84. The lowest BCUT2D eigenvalue weighted by atomic mass is 10.1. The standard InChI is InChI=1S/C22H20FN3O4S/c1-14-5-4-7-16(11-14)20(28)25-13-19(27)24-9-10-26-21(29)18(31-22(26)30)12-15-6-2-3-8-17(15)23/h2-8,11-12H,9-10,13H2,1H3,(H,24,27)(H,25,28). The van der Waals surface area contributed by atoms with Crippen LogP contribution in [0.5, 0.6) is 0 Å². The summed E-state index contributed by atoms with van der Waals surface area (Å²) in [5.74, 6) is -1.85. The van der Waals surface area contributed by atoms with Gasteiger partial charge in [0.15, 0.2) is 0 Å². The number of benzene rings is 2. The number of carbonyl (C=O) groups is 4. The lowest BCUT2D eigenvalue weighted by Crippen LogP contribution is -2.41. The fraction of sp³-hybridized carbons (Fsp3) is 0.182. The minimum absolute atomic E-state index is 0.0309. The molecule has 0 spiro atoms. The molecule has 0 bridgehead atoms. The third kappa shape index (κ3) is 5.79. The van der Waals surface area contributed by atoms with Crippen molar-refractivity contribution in [1.82, 2.24) is 15.5 Å². The molecule has 1 aliphatic heterocycles. The predicted molar refractivity (Wildman–Crippen MR) is 116 cm³/mol. The molecule has 160 valence electrons. The summed E-state index contributed by atoms with van der Waals surface area (Å²) in [7, 11) is 0. The molecule has 1 heterocycles. The molecule has 2 aromatic carbocycles. The van der Waals surface area contributed by atoms with Crippen molar-refractivity contribution < 1.29 is 23.6 Å². The van der Waals surface area contributed by atoms with Crippen molar-refractivity contribution in [2.24, 2.45) is 0 Å². The van der Waals surface area contributed by atoms with E-state index in [1.54, 1.807) is 24.3 Å². The van der Waals surface area contributed by atoms with Crippen molar-refractivity contribution in [3.63, 3.8) is 0 Å². The molecular formula is C22H20FN3O4S. The summed E-state index contributed by atoms with van der Waals surface area (Å²) in [5, 5.41) is 4.58. The van der Waals surface area contributed by atoms with Gasteiger partial charge in [-0.05, 0) is 43.0 Å². The van der Waals surface area contributed by atoms with Gasteiger partial charge in [0.25, 0.3) is 17.1 Å². The van der Waals surface area contributed by atoms with Gasteiger partial charge in [-0.1, -0.05) is 35.9 Å². The summed E-state index contributed by atoms with van der Waals surface area (Å²) < 4.78 is 13.8. The summed E-state index contributed by atoms with van der Waals surface area (Å²) in [6.45, 7) is 1.63. The van der Waals surface area contributed by atoms with Crippen LogP contribution >= 0.6 is 11.8 Å². The first-order chi connectivity index (χ1) is 14.8. The van der Waals surface area contributed by atoms with Crippen LogP contribution in [0.25, 0.3) is 6.08 Å². The van der Waals surface area contributed by atoms with Gasteiger partial charge < -0.3 is 10.6 Å². The second-order valence-electron chi connectivity index (χ2n) is 6.76. The first-order valence-electron chi connectivity index (χ1n) is 9.46. The Bertz CT molecular complexity index is 1070. The van der Waals surface area contributed by atoms with Gasteiger partial charge in [-0.3, -0.25) is 24.1 Å². The van der Waals surface area contributed by atoms with Crippen molar-refractivity contribution in [2.75, 3.05) is 19.6 Å². The molecule has 2 aromatic rings. The van der Waals surface area contributed by atoms with Crippen molar-refractivity contribution in [2.45, 2.75) is 6.92 Å². The Morgan fingerprint density at radius 3 is 2.61 bits per heavy atom. The fourth-order valence-corrected chi connectivity index (χ4v) is 3.70. The van der Waals surface area contributed by atoms with Crippen molar-refractivity contribution in [1.29, 1.82) is 0 Å². The van der Waals surface area contributed by atoms with E-state index >= 15 is 0 Å². The third-order valence-corrected chi connectivity index (χ3v) is 5.32. The highest BCUT2D eigenvalue weighted by molar-refractivity contribution is 8.18. The maximum Gasteiger partial charge on any atom is 0.293 e. The normalized spacial score (nSPS) is 14.8. The molecule has 7 nitrogen and oxygen atoms in total. The number of halogens is 1. The maximum atomic E-state index is 13.8. The van der Waals surface area contributed by atoms with E-state index in [0.717, 1.165) is 22.2 Å². The Morgan fingerprint density at radius 2 is 1.87 bits per heavy atom. The van der Waals surface area contributed by atoms with Gasteiger partial charge in [-0.15, -0.1) is 0 Å². The number of amides is 4. The Hall–Kier alpha value is -3.46. The van der Waals surface area contributed by atoms with E-state index in [1.165, 1.54) is 24.3 Å². The summed E-state index contributed by atoms with van der Waals surface area (Å²) in [4.78, 5) is 49.7. The van der Waals surface area contributed by atoms with E-state index in [9.17, 15) is 23.6 Å². The minimum atomic E-state index is -0.541. The van der Waals surface area contributed by atoms with Crippen molar-refractivity contribution in [3.05, 3.63) is 75.9 Å². The van der Waals surface area contributed by atoms with E-state index in [-0.39, 0.29) is 36.0 Å². The Labute approximate surface area is 182 Å². The molecule has 0 aliphatic carbocycles. The number of aryl methyl sites for hydroxylation is 1. The highest BCUT2D eigenvalue weighted by Gasteiger charge is 2.34. The maximum absolute atomic E-state index is 13.8. The zero-order valence-electron chi connectivity index (χ0n) is 16.7. The summed E-state index contributed by atoms with van der Waals surface area (Å²) >= 11 is 0.719. The highest BCUT2D eigenvalue weighted by atomic mass is 32.2. The average molecular weight is 441 g/mol. The number of nitrogens with zero attached hydrogens (tertiary/aromatic N) is 1. The zero-order valence-corrected chi connectivity index (χ0v) is 17.5. The summed E-state index contributed by atoms with van der Waals surface area (Å²) in [5.41, 5.74) is 1.59. The third-order valence-electron chi connectivity index (χ3n) is 4.41. The minimum Gasteiger partial charge on any atom is -0.353 e. The second-order valence-corrected chi connectivity index (χ2v) is 7.75. The zero-order chi connectivity index (χ0) is 22.4. The number of hydrogen-bond donors (Lipinski definition) is 2. The van der Waals surface area contributed by atoms with Crippen LogP contribution in [0.1, 0.15) is 21.5 Å². The summed E-state index contributed by atoms with van der Waals surface area (Å²) in [6, 6.07) is 12.9. The first kappa shape index (κ1) is 22.2. The number of nitrogens with one attached hydrogen (secondary N) is 2. The summed E-state index contributed by atoms with van der Waals surface area (Å²) in [6.07, 6.45) is 1.33. The first-order valence-corrected chi connectivity index (χ1v) is 10.3. The van der Waals surface area contributed by atoms with Gasteiger partial charge in [0.1, 0.15) is 5.82 Å². The Kier molecular flexibility index (Phi) is 7.19. The van der Waals surface area contributed by atoms with Gasteiger partial charge >= 0.3 is 0 Å². The van der Waals surface area contributed by atoms with Gasteiger partial charge in [-0.2, -0.15) is 0 Å². The predicted octanol–water partition coefficient (Wildman–Crippen LogP) is 2.72. The SMILES string of the molecule is Cc1cccc(C(=O)NCC(=O)NCCN2C(=O)SC(=Cc3ccccc3F)C2=O)c1. The van der Waals surface area contributed by atoms with Gasteiger partial charge in [0.05, 0.1) is 11.4 Å². The van der Waals surface area contributed by atoms with Crippen LogP contribution in [-0.4, -0.2) is 47.5 Å². The van der Waals surface area contributed by atoms with Crippen LogP contribution < -0.4 is 10.6 Å². The number of hydrogen-bond acceptors (Lipinski definition) is 5. The molecule has 0 radical (unpaired) electrons. The molecule has 2 N–H and O–H groups in total. The van der Waals surface area contributed by atoms with E-state index in [4.69, 9.17) is 0 Å². The monoisotopic (exact) mass is 441 g/mol. The van der Waals surface area contributed by atoms with E-state index in [0.29, 0.717) is 5.56 Å². The highest BCUT2D eigenvalue weighted by Crippen LogP contribution is 2.32. The van der Waals surface area contributed by atoms with Crippen LogP contribution in [0.15, 0.2) is 53.4 Å². The molecule has 1 saturated heterocycles. The molecule has 0 unspecified atom stereocenters. The quantitative estimate of drug-likeness (QED) is 0.645. The van der Waals surface area contributed by atoms with Gasteiger partial charge in [0.2, 0.25) is 5.91 Å². The van der Waals surface area contributed by atoms with Crippen molar-refractivity contribution >= 4 is 40.8 Å².